The number of rotatable bonds is 11. The molecule has 0 bridgehead atoms. The van der Waals surface area contributed by atoms with Crippen molar-refractivity contribution in [1.29, 1.82) is 0 Å². The second kappa shape index (κ2) is 12.5. The van der Waals surface area contributed by atoms with Crippen molar-refractivity contribution in [2.45, 2.75) is 51.4 Å². The molecule has 0 aliphatic heterocycles. The smallest absolute Gasteiger partial charge is 0.117 e. The van der Waals surface area contributed by atoms with Crippen LogP contribution < -0.4 is 0 Å². The first-order valence-corrected chi connectivity index (χ1v) is 10.3. The van der Waals surface area contributed by atoms with Gasteiger partial charge in [-0.25, -0.2) is 0 Å². The van der Waals surface area contributed by atoms with Crippen LogP contribution in [0, 0.1) is 0 Å². The summed E-state index contributed by atoms with van der Waals surface area (Å²) in [5.74, 6) is 0.0649. The molecule has 3 N–H and O–H groups in total. The summed E-state index contributed by atoms with van der Waals surface area (Å²) in [4.78, 5) is 0. The summed E-state index contributed by atoms with van der Waals surface area (Å²) in [7, 11) is 0. The van der Waals surface area contributed by atoms with E-state index in [0.29, 0.717) is 30.0 Å². The van der Waals surface area contributed by atoms with Crippen molar-refractivity contribution in [2.75, 3.05) is 6.61 Å². The second-order valence-corrected chi connectivity index (χ2v) is 7.43. The highest BCUT2D eigenvalue weighted by Crippen LogP contribution is 2.28. The van der Waals surface area contributed by atoms with Crippen molar-refractivity contribution in [3.63, 3.8) is 0 Å². The highest BCUT2D eigenvalue weighted by Gasteiger charge is 2.11. The fourth-order valence-electron chi connectivity index (χ4n) is 2.99. The van der Waals surface area contributed by atoms with Crippen LogP contribution in [0.3, 0.4) is 0 Å². The van der Waals surface area contributed by atoms with Gasteiger partial charge >= 0.3 is 0 Å². The Hall–Kier alpha value is -2.07. The molecule has 0 aromatic heterocycles. The Bertz CT molecular complexity index is 813. The summed E-state index contributed by atoms with van der Waals surface area (Å²) in [6, 6.07) is 14.4. The molecular weight excluding hydrogens is 388 g/mol. The maximum Gasteiger partial charge on any atom is 0.117 e. The summed E-state index contributed by atoms with van der Waals surface area (Å²) in [5.41, 5.74) is 5.85. The van der Waals surface area contributed by atoms with Crippen LogP contribution in [0.2, 0.25) is 5.02 Å². The minimum atomic E-state index is -0.780. The van der Waals surface area contributed by atoms with Crippen molar-refractivity contribution in [1.82, 2.24) is 0 Å². The first-order chi connectivity index (χ1) is 14.0. The highest BCUT2D eigenvalue weighted by molar-refractivity contribution is 6.31. The Morgan fingerprint density at radius 2 is 1.93 bits per heavy atom. The average molecular weight is 417 g/mol. The molecule has 0 spiro atoms. The number of phenolic OH excluding ortho intramolecular Hbond substituents is 1. The van der Waals surface area contributed by atoms with Crippen molar-refractivity contribution in [2.24, 2.45) is 0 Å². The first-order valence-electron chi connectivity index (χ1n) is 9.88. The Morgan fingerprint density at radius 3 is 2.62 bits per heavy atom. The van der Waals surface area contributed by atoms with E-state index < -0.39 is 12.2 Å². The maximum atomic E-state index is 10.3. The van der Waals surface area contributed by atoms with E-state index in [2.05, 4.69) is 12.7 Å². The Balaban J connectivity index is 1.88. The molecule has 0 saturated heterocycles. The lowest BCUT2D eigenvalue weighted by Crippen LogP contribution is -2.16. The molecule has 0 aliphatic rings. The van der Waals surface area contributed by atoms with E-state index in [1.807, 2.05) is 30.3 Å². The molecule has 2 rings (SSSR count). The largest absolute Gasteiger partial charge is 0.508 e. The fourth-order valence-corrected chi connectivity index (χ4v) is 3.29. The van der Waals surface area contributed by atoms with Crippen molar-refractivity contribution < 1.29 is 20.1 Å². The number of halogens is 1. The zero-order chi connectivity index (χ0) is 21.1. The predicted molar refractivity (Wildman–Crippen MR) is 116 cm³/mol. The number of hydrogen-bond acceptors (Lipinski definition) is 4. The van der Waals surface area contributed by atoms with E-state index in [1.165, 1.54) is 12.1 Å². The summed E-state index contributed by atoms with van der Waals surface area (Å²) < 4.78 is 5.61. The zero-order valence-corrected chi connectivity index (χ0v) is 17.5. The summed E-state index contributed by atoms with van der Waals surface area (Å²) >= 11 is 6.07. The molecule has 0 unspecified atom stereocenters. The van der Waals surface area contributed by atoms with Gasteiger partial charge in [-0.3, -0.25) is 0 Å². The number of aliphatic hydroxyl groups excluding tert-OH is 2. The summed E-state index contributed by atoms with van der Waals surface area (Å²) in [5, 5.41) is 30.4. The summed E-state index contributed by atoms with van der Waals surface area (Å²) in [6.45, 7) is 2.81. The van der Waals surface area contributed by atoms with E-state index in [9.17, 15) is 15.3 Å². The van der Waals surface area contributed by atoms with Crippen LogP contribution >= 0.6 is 11.6 Å². The topological polar surface area (TPSA) is 69.9 Å². The van der Waals surface area contributed by atoms with Crippen molar-refractivity contribution >= 4 is 11.6 Å². The predicted octanol–water partition coefficient (Wildman–Crippen LogP) is 5.32. The van der Waals surface area contributed by atoms with Gasteiger partial charge in [0, 0.05) is 12.8 Å². The lowest BCUT2D eigenvalue weighted by atomic mass is 10.0. The van der Waals surface area contributed by atoms with Gasteiger partial charge < -0.3 is 20.1 Å². The molecule has 29 heavy (non-hydrogen) atoms. The van der Waals surface area contributed by atoms with Crippen LogP contribution in [0.1, 0.15) is 49.8 Å². The molecule has 2 aromatic carbocycles. The van der Waals surface area contributed by atoms with Crippen molar-refractivity contribution in [3.05, 3.63) is 82.1 Å². The minimum absolute atomic E-state index is 0.0649. The lowest BCUT2D eigenvalue weighted by molar-refractivity contribution is 0.0285. The Labute approximate surface area is 177 Å². The van der Waals surface area contributed by atoms with E-state index in [4.69, 9.17) is 16.3 Å². The standard InChI is InChI=1S/C24H29ClO4/c1-2-7-18(14-21(27)17-29-16-19-8-4-3-5-9-19)10-6-11-24(28)22-13-12-20(26)15-23(22)25/h3-6,8-9,12-13,15,21,24,26-28H,2,7,11,14,16-17H2,1H3/t10?,21-,24-/m1/s1. The third kappa shape index (κ3) is 8.45. The molecule has 4 nitrogen and oxygen atoms in total. The molecule has 156 valence electrons. The third-order valence-electron chi connectivity index (χ3n) is 4.45. The van der Waals surface area contributed by atoms with E-state index >= 15 is 0 Å². The average Bonchev–Trinajstić information content (AvgIpc) is 2.68. The van der Waals surface area contributed by atoms with E-state index in [-0.39, 0.29) is 12.4 Å². The number of ether oxygens (including phenoxy) is 1. The third-order valence-corrected chi connectivity index (χ3v) is 4.77. The van der Waals surface area contributed by atoms with Gasteiger partial charge in [-0.2, -0.15) is 0 Å². The minimum Gasteiger partial charge on any atom is -0.508 e. The first kappa shape index (κ1) is 23.2. The number of hydrogen-bond donors (Lipinski definition) is 3. The number of aromatic hydroxyl groups is 1. The molecule has 0 heterocycles. The van der Waals surface area contributed by atoms with Gasteiger partial charge in [-0.15, -0.1) is 5.73 Å². The van der Waals surface area contributed by atoms with Crippen molar-refractivity contribution in [3.8, 4) is 5.75 Å². The van der Waals surface area contributed by atoms with Gasteiger partial charge in [0.15, 0.2) is 0 Å². The molecule has 0 saturated carbocycles. The van der Waals surface area contributed by atoms with Gasteiger partial charge in [0.1, 0.15) is 5.75 Å². The molecule has 5 heteroatoms. The number of aliphatic hydroxyl groups is 2. The van der Waals surface area contributed by atoms with Crippen LogP contribution in [0.25, 0.3) is 0 Å². The van der Waals surface area contributed by atoms with Gasteiger partial charge in [-0.1, -0.05) is 61.3 Å². The molecule has 0 fully saturated rings. The monoisotopic (exact) mass is 416 g/mol. The Kier molecular flexibility index (Phi) is 9.99. The van der Waals surface area contributed by atoms with Crippen LogP contribution in [-0.4, -0.2) is 28.0 Å². The quantitative estimate of drug-likeness (QED) is 0.433. The molecule has 2 aromatic rings. The lowest BCUT2D eigenvalue weighted by Gasteiger charge is -2.13. The Morgan fingerprint density at radius 1 is 1.17 bits per heavy atom. The van der Waals surface area contributed by atoms with Gasteiger partial charge in [0.25, 0.3) is 0 Å². The van der Waals surface area contributed by atoms with Gasteiger partial charge in [0.2, 0.25) is 0 Å². The molecule has 0 aliphatic carbocycles. The highest BCUT2D eigenvalue weighted by atomic mass is 35.5. The van der Waals surface area contributed by atoms with E-state index in [1.54, 1.807) is 12.1 Å². The molecule has 0 radical (unpaired) electrons. The van der Waals surface area contributed by atoms with Gasteiger partial charge in [0.05, 0.1) is 30.4 Å². The number of phenols is 1. The van der Waals surface area contributed by atoms with Gasteiger partial charge in [-0.05, 0) is 41.3 Å². The van der Waals surface area contributed by atoms with Crippen LogP contribution in [0.15, 0.2) is 65.9 Å². The normalized spacial score (nSPS) is 12.8. The SMILES string of the molecule is CCCC(=C=CC[C@@H](O)c1ccc(O)cc1Cl)C[C@@H](O)COCc1ccccc1. The van der Waals surface area contributed by atoms with Crippen LogP contribution in [-0.2, 0) is 11.3 Å². The molecular formula is C24H29ClO4. The van der Waals surface area contributed by atoms with E-state index in [0.717, 1.165) is 24.0 Å². The molecule has 2 atom stereocenters. The van der Waals surface area contributed by atoms with Crippen LogP contribution in [0.4, 0.5) is 0 Å². The number of benzene rings is 2. The fraction of sp³-hybridized carbons (Fsp3) is 0.375. The zero-order valence-electron chi connectivity index (χ0n) is 16.7. The van der Waals surface area contributed by atoms with Crippen LogP contribution in [0.5, 0.6) is 5.75 Å². The summed E-state index contributed by atoms with van der Waals surface area (Å²) in [6.07, 6.45) is 2.99. The maximum absolute atomic E-state index is 10.3. The molecule has 0 amide bonds. The second-order valence-electron chi connectivity index (χ2n) is 7.02.